The van der Waals surface area contributed by atoms with Crippen molar-refractivity contribution in [2.24, 2.45) is 0 Å². The Balaban J connectivity index is 1.55. The Labute approximate surface area is 165 Å². The van der Waals surface area contributed by atoms with Gasteiger partial charge in [0.15, 0.2) is 0 Å². The van der Waals surface area contributed by atoms with Crippen LogP contribution in [-0.4, -0.2) is 43.5 Å². The number of amides is 2. The van der Waals surface area contributed by atoms with E-state index in [1.54, 1.807) is 7.11 Å². The molecule has 5 heteroatoms. The van der Waals surface area contributed by atoms with E-state index in [0.717, 1.165) is 37.2 Å². The predicted molar refractivity (Wildman–Crippen MR) is 108 cm³/mol. The minimum atomic E-state index is 0.0137. The van der Waals surface area contributed by atoms with Crippen LogP contribution in [0.1, 0.15) is 46.7 Å². The summed E-state index contributed by atoms with van der Waals surface area (Å²) in [5, 5.41) is 0. The zero-order valence-electron chi connectivity index (χ0n) is 16.3. The highest BCUT2D eigenvalue weighted by Crippen LogP contribution is 2.39. The first-order valence-electron chi connectivity index (χ1n) is 9.94. The van der Waals surface area contributed by atoms with Crippen LogP contribution in [0.5, 0.6) is 0 Å². The van der Waals surface area contributed by atoms with Gasteiger partial charge >= 0.3 is 0 Å². The molecule has 0 bridgehead atoms. The molecule has 0 aromatic heterocycles. The van der Waals surface area contributed by atoms with E-state index in [-0.39, 0.29) is 17.7 Å². The minimum absolute atomic E-state index is 0.0137. The van der Waals surface area contributed by atoms with Gasteiger partial charge in [0.05, 0.1) is 6.61 Å². The van der Waals surface area contributed by atoms with Gasteiger partial charge in [-0.1, -0.05) is 36.4 Å². The average Bonchev–Trinajstić information content (AvgIpc) is 3.30. The highest BCUT2D eigenvalue weighted by atomic mass is 16.5. The standard InChI is InChI=1S/C23H26N2O3/c1-28-16-18-7-2-3-9-20(18)23(27)25-15-17(19-8-4-5-10-21(19)25)12-14-24-13-6-11-22(24)26/h2-5,7-10,17H,6,11-16H2,1H3. The quantitative estimate of drug-likeness (QED) is 0.772. The monoisotopic (exact) mass is 378 g/mol. The molecule has 0 N–H and O–H groups in total. The molecule has 1 unspecified atom stereocenters. The number of rotatable bonds is 6. The van der Waals surface area contributed by atoms with E-state index < -0.39 is 0 Å². The van der Waals surface area contributed by atoms with Crippen LogP contribution in [0.3, 0.4) is 0 Å². The molecule has 0 spiro atoms. The third-order valence-electron chi connectivity index (χ3n) is 5.78. The number of hydrogen-bond donors (Lipinski definition) is 0. The Morgan fingerprint density at radius 1 is 1.14 bits per heavy atom. The second-order valence-corrected chi connectivity index (χ2v) is 7.53. The molecule has 5 nitrogen and oxygen atoms in total. The smallest absolute Gasteiger partial charge is 0.258 e. The Morgan fingerprint density at radius 2 is 1.93 bits per heavy atom. The van der Waals surface area contributed by atoms with E-state index in [2.05, 4.69) is 6.07 Å². The van der Waals surface area contributed by atoms with Crippen molar-refractivity contribution in [1.29, 1.82) is 0 Å². The number of carbonyl (C=O) groups is 2. The van der Waals surface area contributed by atoms with E-state index in [1.807, 2.05) is 52.3 Å². The zero-order chi connectivity index (χ0) is 19.5. The van der Waals surface area contributed by atoms with Crippen LogP contribution in [0.25, 0.3) is 0 Å². The molecule has 0 radical (unpaired) electrons. The lowest BCUT2D eigenvalue weighted by Gasteiger charge is -2.21. The lowest BCUT2D eigenvalue weighted by atomic mass is 9.98. The van der Waals surface area contributed by atoms with E-state index in [9.17, 15) is 9.59 Å². The van der Waals surface area contributed by atoms with Crippen LogP contribution < -0.4 is 4.90 Å². The van der Waals surface area contributed by atoms with Crippen molar-refractivity contribution in [2.75, 3.05) is 31.6 Å². The summed E-state index contributed by atoms with van der Waals surface area (Å²) in [5.41, 5.74) is 3.78. The number of carbonyl (C=O) groups excluding carboxylic acids is 2. The van der Waals surface area contributed by atoms with Gasteiger partial charge in [0, 0.05) is 50.3 Å². The number of nitrogens with zero attached hydrogens (tertiary/aromatic N) is 2. The lowest BCUT2D eigenvalue weighted by Crippen LogP contribution is -2.32. The minimum Gasteiger partial charge on any atom is -0.380 e. The molecule has 2 aliphatic heterocycles. The highest BCUT2D eigenvalue weighted by molar-refractivity contribution is 6.08. The maximum absolute atomic E-state index is 13.4. The summed E-state index contributed by atoms with van der Waals surface area (Å²) in [6.45, 7) is 2.69. The number of para-hydroxylation sites is 1. The SMILES string of the molecule is COCc1ccccc1C(=O)N1CC(CCN2CCCC2=O)c2ccccc21. The van der Waals surface area contributed by atoms with Gasteiger partial charge in [-0.3, -0.25) is 9.59 Å². The van der Waals surface area contributed by atoms with Gasteiger partial charge in [0.25, 0.3) is 5.91 Å². The van der Waals surface area contributed by atoms with Crippen molar-refractivity contribution in [3.63, 3.8) is 0 Å². The topological polar surface area (TPSA) is 49.9 Å². The molecule has 2 aromatic rings. The maximum Gasteiger partial charge on any atom is 0.258 e. The van der Waals surface area contributed by atoms with Crippen molar-refractivity contribution < 1.29 is 14.3 Å². The fourth-order valence-electron chi connectivity index (χ4n) is 4.34. The Hall–Kier alpha value is -2.66. The molecule has 2 heterocycles. The summed E-state index contributed by atoms with van der Waals surface area (Å²) in [6, 6.07) is 15.8. The second-order valence-electron chi connectivity index (χ2n) is 7.53. The molecule has 1 saturated heterocycles. The van der Waals surface area contributed by atoms with Crippen LogP contribution in [0.2, 0.25) is 0 Å². The summed E-state index contributed by atoms with van der Waals surface area (Å²) in [7, 11) is 1.64. The number of hydrogen-bond acceptors (Lipinski definition) is 3. The van der Waals surface area contributed by atoms with Gasteiger partial charge in [-0.25, -0.2) is 0 Å². The first-order valence-corrected chi connectivity index (χ1v) is 9.94. The molecule has 1 atom stereocenters. The second kappa shape index (κ2) is 8.15. The first kappa shape index (κ1) is 18.7. The van der Waals surface area contributed by atoms with Gasteiger partial charge in [0.1, 0.15) is 0 Å². The summed E-state index contributed by atoms with van der Waals surface area (Å²) >= 11 is 0. The molecule has 2 aliphatic rings. The summed E-state index contributed by atoms with van der Waals surface area (Å²) in [4.78, 5) is 29.1. The normalized spacial score (nSPS) is 18.6. The molecule has 146 valence electrons. The van der Waals surface area contributed by atoms with Gasteiger partial charge in [-0.15, -0.1) is 0 Å². The molecular weight excluding hydrogens is 352 g/mol. The molecule has 2 amide bonds. The van der Waals surface area contributed by atoms with E-state index >= 15 is 0 Å². The van der Waals surface area contributed by atoms with Crippen LogP contribution in [0.15, 0.2) is 48.5 Å². The summed E-state index contributed by atoms with van der Waals surface area (Å²) < 4.78 is 5.27. The molecule has 0 aliphatic carbocycles. The molecule has 1 fully saturated rings. The summed E-state index contributed by atoms with van der Waals surface area (Å²) in [5.74, 6) is 0.524. The number of methoxy groups -OCH3 is 1. The Bertz CT molecular complexity index is 880. The van der Waals surface area contributed by atoms with E-state index in [4.69, 9.17) is 4.74 Å². The predicted octanol–water partition coefficient (Wildman–Crippen LogP) is 3.59. The maximum atomic E-state index is 13.4. The van der Waals surface area contributed by atoms with Crippen LogP contribution >= 0.6 is 0 Å². The van der Waals surface area contributed by atoms with E-state index in [1.165, 1.54) is 5.56 Å². The summed E-state index contributed by atoms with van der Waals surface area (Å²) in [6.07, 6.45) is 2.51. The van der Waals surface area contributed by atoms with Crippen molar-refractivity contribution in [1.82, 2.24) is 4.90 Å². The third kappa shape index (κ3) is 3.54. The molecule has 0 saturated carbocycles. The molecule has 28 heavy (non-hydrogen) atoms. The van der Waals surface area contributed by atoms with Crippen LogP contribution in [0.4, 0.5) is 5.69 Å². The average molecular weight is 378 g/mol. The van der Waals surface area contributed by atoms with Crippen LogP contribution in [0, 0.1) is 0 Å². The fourth-order valence-corrected chi connectivity index (χ4v) is 4.34. The van der Waals surface area contributed by atoms with Crippen LogP contribution in [-0.2, 0) is 16.1 Å². The van der Waals surface area contributed by atoms with Gasteiger partial charge in [0.2, 0.25) is 5.91 Å². The molecule has 4 rings (SSSR count). The van der Waals surface area contributed by atoms with Crippen molar-refractivity contribution in [3.8, 4) is 0 Å². The highest BCUT2D eigenvalue weighted by Gasteiger charge is 2.34. The van der Waals surface area contributed by atoms with Crippen molar-refractivity contribution in [2.45, 2.75) is 31.8 Å². The third-order valence-corrected chi connectivity index (χ3v) is 5.78. The molecule has 2 aromatic carbocycles. The largest absolute Gasteiger partial charge is 0.380 e. The van der Waals surface area contributed by atoms with Gasteiger partial charge < -0.3 is 14.5 Å². The number of fused-ring (bicyclic) bond motifs is 1. The number of ether oxygens (including phenoxy) is 1. The van der Waals surface area contributed by atoms with E-state index in [0.29, 0.717) is 25.1 Å². The number of anilines is 1. The first-order chi connectivity index (χ1) is 13.7. The molecular formula is C23H26N2O3. The Kier molecular flexibility index (Phi) is 5.44. The fraction of sp³-hybridized carbons (Fsp3) is 0.391. The van der Waals surface area contributed by atoms with Crippen molar-refractivity contribution >= 4 is 17.5 Å². The van der Waals surface area contributed by atoms with Gasteiger partial charge in [-0.2, -0.15) is 0 Å². The van der Waals surface area contributed by atoms with Gasteiger partial charge in [-0.05, 0) is 36.1 Å². The number of benzene rings is 2. The Morgan fingerprint density at radius 3 is 2.71 bits per heavy atom. The number of likely N-dealkylation sites (tertiary alicyclic amines) is 1. The van der Waals surface area contributed by atoms with Crippen molar-refractivity contribution in [3.05, 3.63) is 65.2 Å². The zero-order valence-corrected chi connectivity index (χ0v) is 16.3. The lowest BCUT2D eigenvalue weighted by molar-refractivity contribution is -0.127.